The van der Waals surface area contributed by atoms with Crippen molar-refractivity contribution in [3.63, 3.8) is 0 Å². The molecule has 1 saturated heterocycles. The van der Waals surface area contributed by atoms with Crippen LogP contribution >= 0.6 is 0 Å². The second kappa shape index (κ2) is 4.59. The van der Waals surface area contributed by atoms with Crippen molar-refractivity contribution < 1.29 is 14.0 Å². The molecule has 0 aliphatic carbocycles. The molecule has 0 radical (unpaired) electrons. The zero-order valence-electron chi connectivity index (χ0n) is 11.2. The highest BCUT2D eigenvalue weighted by Gasteiger charge is 2.36. The molecule has 0 atom stereocenters. The molecule has 0 unspecified atom stereocenters. The zero-order valence-corrected chi connectivity index (χ0v) is 11.2. The van der Waals surface area contributed by atoms with E-state index >= 15 is 0 Å². The van der Waals surface area contributed by atoms with Gasteiger partial charge in [-0.25, -0.2) is 0 Å². The molecule has 0 N–H and O–H groups in total. The van der Waals surface area contributed by atoms with Crippen LogP contribution in [0.2, 0.25) is 0 Å². The first-order valence-corrected chi connectivity index (χ1v) is 6.26. The molecule has 2 heterocycles. The van der Waals surface area contributed by atoms with Crippen LogP contribution in [0, 0.1) is 6.92 Å². The number of carbonyl (C=O) groups is 2. The molecule has 2 rings (SSSR count). The van der Waals surface area contributed by atoms with Crippen molar-refractivity contribution in [1.82, 2.24) is 4.90 Å². The van der Waals surface area contributed by atoms with Gasteiger partial charge in [0.25, 0.3) is 0 Å². The summed E-state index contributed by atoms with van der Waals surface area (Å²) in [6.07, 6.45) is 1.17. The molecule has 4 heteroatoms. The largest absolute Gasteiger partial charge is 0.466 e. The highest BCUT2D eigenvalue weighted by Crippen LogP contribution is 2.26. The minimum atomic E-state index is -0.381. The summed E-state index contributed by atoms with van der Waals surface area (Å²) in [5.74, 6) is 1.76. The summed E-state index contributed by atoms with van der Waals surface area (Å²) in [6, 6.07) is 3.68. The Balaban J connectivity index is 2.06. The van der Waals surface area contributed by atoms with E-state index in [0.29, 0.717) is 25.1 Å². The van der Waals surface area contributed by atoms with Crippen molar-refractivity contribution in [2.45, 2.75) is 45.6 Å². The van der Waals surface area contributed by atoms with E-state index in [9.17, 15) is 9.59 Å². The maximum atomic E-state index is 12.3. The van der Waals surface area contributed by atoms with E-state index in [1.165, 1.54) is 0 Å². The van der Waals surface area contributed by atoms with Gasteiger partial charge in [-0.2, -0.15) is 0 Å². The summed E-state index contributed by atoms with van der Waals surface area (Å²) in [5, 5.41) is 0. The molecule has 0 bridgehead atoms. The first kappa shape index (κ1) is 12.9. The minimum Gasteiger partial charge on any atom is -0.466 e. The molecule has 1 aromatic rings. The smallest absolute Gasteiger partial charge is 0.230 e. The third-order valence-corrected chi connectivity index (χ3v) is 3.40. The highest BCUT2D eigenvalue weighted by molar-refractivity contribution is 5.85. The summed E-state index contributed by atoms with van der Waals surface area (Å²) in [4.78, 5) is 25.5. The quantitative estimate of drug-likeness (QED) is 0.806. The molecule has 1 amide bonds. The number of furan rings is 1. The van der Waals surface area contributed by atoms with Crippen LogP contribution in [-0.2, 0) is 16.0 Å². The fraction of sp³-hybridized carbons (Fsp3) is 0.571. The first-order valence-electron chi connectivity index (χ1n) is 6.26. The molecule has 18 heavy (non-hydrogen) atoms. The molecule has 98 valence electrons. The maximum Gasteiger partial charge on any atom is 0.230 e. The second-order valence-electron chi connectivity index (χ2n) is 5.51. The Hall–Kier alpha value is -1.58. The summed E-state index contributed by atoms with van der Waals surface area (Å²) in [6.45, 7) is 6.26. The Morgan fingerprint density at radius 3 is 2.72 bits per heavy atom. The van der Waals surface area contributed by atoms with Gasteiger partial charge in [0.2, 0.25) is 5.91 Å². The van der Waals surface area contributed by atoms with E-state index in [2.05, 4.69) is 0 Å². The summed E-state index contributed by atoms with van der Waals surface area (Å²) in [5.41, 5.74) is -0.381. The molecule has 1 fully saturated rings. The average Bonchev–Trinajstić information content (AvgIpc) is 2.61. The van der Waals surface area contributed by atoms with Crippen LogP contribution in [-0.4, -0.2) is 28.7 Å². The number of likely N-dealkylation sites (tertiary alicyclic amines) is 1. The Morgan fingerprint density at radius 1 is 1.44 bits per heavy atom. The number of carbonyl (C=O) groups excluding carboxylic acids is 2. The van der Waals surface area contributed by atoms with E-state index < -0.39 is 0 Å². The number of hydrogen-bond donors (Lipinski definition) is 0. The average molecular weight is 249 g/mol. The molecule has 0 aromatic carbocycles. The van der Waals surface area contributed by atoms with E-state index in [-0.39, 0.29) is 23.7 Å². The molecular formula is C14H19NO3. The molecule has 1 aromatic heterocycles. The van der Waals surface area contributed by atoms with Gasteiger partial charge in [0.05, 0.1) is 6.42 Å². The second-order valence-corrected chi connectivity index (χ2v) is 5.51. The van der Waals surface area contributed by atoms with Gasteiger partial charge >= 0.3 is 0 Å². The number of aryl methyl sites for hydroxylation is 1. The van der Waals surface area contributed by atoms with Gasteiger partial charge in [-0.1, -0.05) is 0 Å². The minimum absolute atomic E-state index is 0.0295. The number of amides is 1. The lowest BCUT2D eigenvalue weighted by molar-refractivity contribution is -0.141. The van der Waals surface area contributed by atoms with Crippen LogP contribution in [0.5, 0.6) is 0 Å². The number of Topliss-reactive ketones (excluding diaryl/α,β-unsaturated/α-hetero) is 1. The zero-order chi connectivity index (χ0) is 13.3. The highest BCUT2D eigenvalue weighted by atomic mass is 16.3. The monoisotopic (exact) mass is 249 g/mol. The van der Waals surface area contributed by atoms with Gasteiger partial charge in [-0.3, -0.25) is 9.59 Å². The van der Waals surface area contributed by atoms with Crippen LogP contribution in [0.15, 0.2) is 16.5 Å². The predicted molar refractivity (Wildman–Crippen MR) is 67.2 cm³/mol. The van der Waals surface area contributed by atoms with E-state index in [4.69, 9.17) is 4.42 Å². The summed E-state index contributed by atoms with van der Waals surface area (Å²) < 4.78 is 5.42. The fourth-order valence-electron chi connectivity index (χ4n) is 2.49. The predicted octanol–water partition coefficient (Wildman–Crippen LogP) is 2.10. The molecule has 1 aliphatic heterocycles. The lowest BCUT2D eigenvalue weighted by Gasteiger charge is -2.41. The van der Waals surface area contributed by atoms with Gasteiger partial charge in [0.1, 0.15) is 17.3 Å². The summed E-state index contributed by atoms with van der Waals surface area (Å²) >= 11 is 0. The lowest BCUT2D eigenvalue weighted by Crippen LogP contribution is -2.53. The number of nitrogens with zero attached hydrogens (tertiary/aromatic N) is 1. The van der Waals surface area contributed by atoms with Gasteiger partial charge in [-0.15, -0.1) is 0 Å². The number of ketones is 1. The molecule has 0 spiro atoms. The van der Waals surface area contributed by atoms with E-state index in [1.807, 2.05) is 32.9 Å². The van der Waals surface area contributed by atoms with Crippen LogP contribution in [0.25, 0.3) is 0 Å². The number of rotatable bonds is 2. The van der Waals surface area contributed by atoms with Gasteiger partial charge in [0.15, 0.2) is 0 Å². The van der Waals surface area contributed by atoms with Crippen molar-refractivity contribution in [3.8, 4) is 0 Å². The van der Waals surface area contributed by atoms with Gasteiger partial charge in [0, 0.05) is 24.9 Å². The summed E-state index contributed by atoms with van der Waals surface area (Å²) in [7, 11) is 0. The van der Waals surface area contributed by atoms with Crippen LogP contribution in [0.3, 0.4) is 0 Å². The molecule has 1 aliphatic rings. The van der Waals surface area contributed by atoms with Gasteiger partial charge in [-0.05, 0) is 32.9 Å². The van der Waals surface area contributed by atoms with Crippen molar-refractivity contribution in [2.24, 2.45) is 0 Å². The van der Waals surface area contributed by atoms with Crippen molar-refractivity contribution in [2.75, 3.05) is 6.54 Å². The third-order valence-electron chi connectivity index (χ3n) is 3.40. The first-order chi connectivity index (χ1) is 8.38. The maximum absolute atomic E-state index is 12.3. The van der Waals surface area contributed by atoms with Crippen molar-refractivity contribution in [3.05, 3.63) is 23.7 Å². The van der Waals surface area contributed by atoms with Gasteiger partial charge < -0.3 is 9.32 Å². The van der Waals surface area contributed by atoms with Crippen LogP contribution in [0.1, 0.15) is 38.2 Å². The van der Waals surface area contributed by atoms with Crippen molar-refractivity contribution >= 4 is 11.7 Å². The molecule has 4 nitrogen and oxygen atoms in total. The molecular weight excluding hydrogens is 230 g/mol. The van der Waals surface area contributed by atoms with Crippen LogP contribution < -0.4 is 0 Å². The fourth-order valence-corrected chi connectivity index (χ4v) is 2.49. The van der Waals surface area contributed by atoms with E-state index in [1.54, 1.807) is 4.90 Å². The van der Waals surface area contributed by atoms with E-state index in [0.717, 1.165) is 5.76 Å². The SMILES string of the molecule is Cc1ccc(CC(=O)N2CCC(=O)CC2(C)C)o1. The van der Waals surface area contributed by atoms with Crippen molar-refractivity contribution in [1.29, 1.82) is 0 Å². The number of hydrogen-bond acceptors (Lipinski definition) is 3. The third kappa shape index (κ3) is 2.63. The Morgan fingerprint density at radius 2 is 2.17 bits per heavy atom. The van der Waals surface area contributed by atoms with Crippen LogP contribution in [0.4, 0.5) is 0 Å². The normalized spacial score (nSPS) is 19.1. The standard InChI is InChI=1S/C14H19NO3/c1-10-4-5-12(18-10)8-13(17)15-7-6-11(16)9-14(15,2)3/h4-5H,6-9H2,1-3H3. The Bertz CT molecular complexity index is 473. The Labute approximate surface area is 107 Å². The Kier molecular flexibility index (Phi) is 3.28. The molecule has 0 saturated carbocycles. The lowest BCUT2D eigenvalue weighted by atomic mass is 9.89. The number of piperidine rings is 1. The topological polar surface area (TPSA) is 50.5 Å².